The molecule has 4 rings (SSSR count). The van der Waals surface area contributed by atoms with Crippen LogP contribution >= 0.6 is 11.3 Å². The smallest absolute Gasteiger partial charge is 0.137 e. The molecule has 3 nitrogen and oxygen atoms in total. The van der Waals surface area contributed by atoms with Gasteiger partial charge in [-0.3, -0.25) is 4.40 Å². The maximum Gasteiger partial charge on any atom is 0.137 e. The molecule has 108 valence electrons. The molecule has 0 unspecified atom stereocenters. The van der Waals surface area contributed by atoms with Gasteiger partial charge >= 0.3 is 0 Å². The predicted octanol–water partition coefficient (Wildman–Crippen LogP) is 4.19. The van der Waals surface area contributed by atoms with E-state index in [9.17, 15) is 0 Å². The van der Waals surface area contributed by atoms with Gasteiger partial charge in [0, 0.05) is 18.3 Å². The fraction of sp³-hybridized carbons (Fsp3) is 0.0556. The van der Waals surface area contributed by atoms with E-state index >= 15 is 0 Å². The fourth-order valence-electron chi connectivity index (χ4n) is 2.66. The SMILES string of the molecule is NCc1cccc(-c2cnc3cc(-c4ccsc4)ccn23)c1. The van der Waals surface area contributed by atoms with Crippen molar-refractivity contribution in [2.75, 3.05) is 0 Å². The van der Waals surface area contributed by atoms with Crippen LogP contribution in [0.1, 0.15) is 5.56 Å². The lowest BCUT2D eigenvalue weighted by Gasteiger charge is -2.05. The number of hydrogen-bond donors (Lipinski definition) is 1. The average Bonchev–Trinajstić information content (AvgIpc) is 3.23. The Morgan fingerprint density at radius 3 is 2.82 bits per heavy atom. The highest BCUT2D eigenvalue weighted by Crippen LogP contribution is 2.26. The zero-order chi connectivity index (χ0) is 14.9. The van der Waals surface area contributed by atoms with Crippen molar-refractivity contribution in [3.05, 3.63) is 71.2 Å². The quantitative estimate of drug-likeness (QED) is 0.617. The molecule has 0 saturated carbocycles. The van der Waals surface area contributed by atoms with Crippen LogP contribution in [0.15, 0.2) is 65.6 Å². The van der Waals surface area contributed by atoms with E-state index in [2.05, 4.69) is 56.7 Å². The van der Waals surface area contributed by atoms with Crippen molar-refractivity contribution in [3.63, 3.8) is 0 Å². The summed E-state index contributed by atoms with van der Waals surface area (Å²) < 4.78 is 2.12. The fourth-order valence-corrected chi connectivity index (χ4v) is 3.33. The molecule has 0 atom stereocenters. The van der Waals surface area contributed by atoms with E-state index in [-0.39, 0.29) is 0 Å². The first-order valence-corrected chi connectivity index (χ1v) is 8.08. The summed E-state index contributed by atoms with van der Waals surface area (Å²) in [6, 6.07) is 14.7. The molecule has 2 N–H and O–H groups in total. The Bertz CT molecular complexity index is 923. The van der Waals surface area contributed by atoms with Crippen LogP contribution in [-0.4, -0.2) is 9.38 Å². The third-order valence-electron chi connectivity index (χ3n) is 3.83. The van der Waals surface area contributed by atoms with E-state index in [1.54, 1.807) is 11.3 Å². The number of imidazole rings is 1. The highest BCUT2D eigenvalue weighted by atomic mass is 32.1. The molecule has 4 heteroatoms. The summed E-state index contributed by atoms with van der Waals surface area (Å²) in [5, 5.41) is 4.25. The number of nitrogens with two attached hydrogens (primary N) is 1. The first kappa shape index (κ1) is 13.2. The summed E-state index contributed by atoms with van der Waals surface area (Å²) in [6.45, 7) is 0.548. The second-order valence-electron chi connectivity index (χ2n) is 5.20. The van der Waals surface area contributed by atoms with Crippen LogP contribution in [0.3, 0.4) is 0 Å². The van der Waals surface area contributed by atoms with Gasteiger partial charge in [-0.1, -0.05) is 18.2 Å². The molecule has 0 amide bonds. The third-order valence-corrected chi connectivity index (χ3v) is 4.51. The Morgan fingerprint density at radius 1 is 1.05 bits per heavy atom. The summed E-state index contributed by atoms with van der Waals surface area (Å²) in [5.41, 5.74) is 12.5. The summed E-state index contributed by atoms with van der Waals surface area (Å²) in [4.78, 5) is 4.56. The van der Waals surface area contributed by atoms with Crippen LogP contribution < -0.4 is 5.73 Å². The van der Waals surface area contributed by atoms with Crippen molar-refractivity contribution in [2.45, 2.75) is 6.54 Å². The molecule has 0 aliphatic carbocycles. The van der Waals surface area contributed by atoms with Crippen molar-refractivity contribution < 1.29 is 0 Å². The van der Waals surface area contributed by atoms with Crippen molar-refractivity contribution in [3.8, 4) is 22.4 Å². The summed E-state index contributed by atoms with van der Waals surface area (Å²) in [7, 11) is 0. The molecule has 3 aromatic heterocycles. The Morgan fingerprint density at radius 2 is 2.00 bits per heavy atom. The minimum atomic E-state index is 0.548. The number of rotatable bonds is 3. The predicted molar refractivity (Wildman–Crippen MR) is 91.8 cm³/mol. The standard InChI is InChI=1S/C18H15N3S/c19-10-13-2-1-3-15(8-13)17-11-20-18-9-14(4-6-21(17)18)16-5-7-22-12-16/h1-9,11-12H,10,19H2. The highest BCUT2D eigenvalue weighted by molar-refractivity contribution is 7.08. The van der Waals surface area contributed by atoms with Gasteiger partial charge in [-0.15, -0.1) is 0 Å². The van der Waals surface area contributed by atoms with E-state index in [0.29, 0.717) is 6.54 Å². The van der Waals surface area contributed by atoms with E-state index in [1.807, 2.05) is 18.3 Å². The molecule has 22 heavy (non-hydrogen) atoms. The van der Waals surface area contributed by atoms with Gasteiger partial charge < -0.3 is 5.73 Å². The monoisotopic (exact) mass is 305 g/mol. The Balaban J connectivity index is 1.83. The maximum absolute atomic E-state index is 5.74. The van der Waals surface area contributed by atoms with Crippen LogP contribution in [-0.2, 0) is 6.54 Å². The molecular weight excluding hydrogens is 290 g/mol. The molecule has 0 aliphatic heterocycles. The van der Waals surface area contributed by atoms with Crippen LogP contribution in [0.5, 0.6) is 0 Å². The Hall–Kier alpha value is -2.43. The molecule has 0 radical (unpaired) electrons. The molecule has 3 heterocycles. The molecule has 0 saturated heterocycles. The molecule has 0 bridgehead atoms. The van der Waals surface area contributed by atoms with Gasteiger partial charge in [0.05, 0.1) is 11.9 Å². The Labute approximate surface area is 132 Å². The third kappa shape index (κ3) is 2.22. The molecule has 4 aromatic rings. The number of thiophene rings is 1. The number of aromatic nitrogens is 2. The Kier molecular flexibility index (Phi) is 3.25. The number of fused-ring (bicyclic) bond motifs is 1. The van der Waals surface area contributed by atoms with Gasteiger partial charge in [0.15, 0.2) is 0 Å². The van der Waals surface area contributed by atoms with E-state index in [1.165, 1.54) is 11.1 Å². The second kappa shape index (κ2) is 5.40. The van der Waals surface area contributed by atoms with Gasteiger partial charge in [-0.2, -0.15) is 11.3 Å². The number of pyridine rings is 1. The van der Waals surface area contributed by atoms with Gasteiger partial charge in [0.25, 0.3) is 0 Å². The second-order valence-corrected chi connectivity index (χ2v) is 5.98. The topological polar surface area (TPSA) is 43.3 Å². The van der Waals surface area contributed by atoms with Crippen molar-refractivity contribution in [2.24, 2.45) is 5.73 Å². The zero-order valence-electron chi connectivity index (χ0n) is 11.9. The van der Waals surface area contributed by atoms with E-state index in [0.717, 1.165) is 22.5 Å². The molecular formula is C18H15N3S. The van der Waals surface area contributed by atoms with E-state index in [4.69, 9.17) is 5.73 Å². The maximum atomic E-state index is 5.74. The van der Waals surface area contributed by atoms with Gasteiger partial charge in [-0.05, 0) is 51.7 Å². The summed E-state index contributed by atoms with van der Waals surface area (Å²) in [5.74, 6) is 0. The normalized spacial score (nSPS) is 11.1. The summed E-state index contributed by atoms with van der Waals surface area (Å²) >= 11 is 1.71. The zero-order valence-corrected chi connectivity index (χ0v) is 12.8. The summed E-state index contributed by atoms with van der Waals surface area (Å²) in [6.07, 6.45) is 4.00. The lowest BCUT2D eigenvalue weighted by atomic mass is 10.1. The largest absolute Gasteiger partial charge is 0.326 e. The molecule has 0 spiro atoms. The van der Waals surface area contributed by atoms with Crippen molar-refractivity contribution in [1.82, 2.24) is 9.38 Å². The van der Waals surface area contributed by atoms with E-state index < -0.39 is 0 Å². The first-order valence-electron chi connectivity index (χ1n) is 7.14. The average molecular weight is 305 g/mol. The van der Waals surface area contributed by atoms with Crippen molar-refractivity contribution in [1.29, 1.82) is 0 Å². The number of nitrogens with zero attached hydrogens (tertiary/aromatic N) is 2. The van der Waals surface area contributed by atoms with Crippen molar-refractivity contribution >= 4 is 17.0 Å². The number of hydrogen-bond acceptors (Lipinski definition) is 3. The minimum absolute atomic E-state index is 0.548. The first-order chi connectivity index (χ1) is 10.8. The highest BCUT2D eigenvalue weighted by Gasteiger charge is 2.08. The van der Waals surface area contributed by atoms with Crippen LogP contribution in [0.25, 0.3) is 28.0 Å². The lowest BCUT2D eigenvalue weighted by molar-refractivity contribution is 1.07. The van der Waals surface area contributed by atoms with Gasteiger partial charge in [-0.25, -0.2) is 4.98 Å². The number of benzene rings is 1. The molecule has 1 aromatic carbocycles. The molecule has 0 fully saturated rings. The minimum Gasteiger partial charge on any atom is -0.326 e. The van der Waals surface area contributed by atoms with Crippen LogP contribution in [0.4, 0.5) is 0 Å². The van der Waals surface area contributed by atoms with Crippen LogP contribution in [0, 0.1) is 0 Å². The lowest BCUT2D eigenvalue weighted by Crippen LogP contribution is -1.96. The van der Waals surface area contributed by atoms with Crippen LogP contribution in [0.2, 0.25) is 0 Å². The van der Waals surface area contributed by atoms with Gasteiger partial charge in [0.1, 0.15) is 5.65 Å². The van der Waals surface area contributed by atoms with Gasteiger partial charge in [0.2, 0.25) is 0 Å². The molecule has 0 aliphatic rings.